The molecule has 0 aliphatic carbocycles. The molecule has 3 aromatic rings. The SMILES string of the molecule is COc1ncc(OC(=O)Nc2c(Cl)c[n+]([O-])cc2Cl)c2cc(C3(OC)CCN(C)CC3)oc12. The quantitative estimate of drug-likeness (QED) is 0.417. The summed E-state index contributed by atoms with van der Waals surface area (Å²) in [5, 5.41) is 14.3. The summed E-state index contributed by atoms with van der Waals surface area (Å²) in [5.41, 5.74) is -0.239. The van der Waals surface area contributed by atoms with Gasteiger partial charge in [0.05, 0.1) is 24.4 Å². The van der Waals surface area contributed by atoms with Crippen molar-refractivity contribution >= 4 is 46.0 Å². The van der Waals surface area contributed by atoms with Gasteiger partial charge in [-0.25, -0.2) is 9.78 Å². The summed E-state index contributed by atoms with van der Waals surface area (Å²) in [5.74, 6) is 0.982. The molecule has 0 aromatic carbocycles. The Kier molecular flexibility index (Phi) is 6.53. The van der Waals surface area contributed by atoms with Crippen molar-refractivity contribution in [3.63, 3.8) is 0 Å². The average molecular weight is 497 g/mol. The summed E-state index contributed by atoms with van der Waals surface area (Å²) in [6.45, 7) is 1.68. The molecule has 10 nitrogen and oxygen atoms in total. The molecule has 12 heteroatoms. The third kappa shape index (κ3) is 4.51. The molecule has 0 saturated carbocycles. The maximum atomic E-state index is 12.6. The van der Waals surface area contributed by atoms with Gasteiger partial charge < -0.3 is 28.7 Å². The molecule has 176 valence electrons. The van der Waals surface area contributed by atoms with E-state index in [0.717, 1.165) is 38.3 Å². The Labute approximate surface area is 199 Å². The molecule has 0 radical (unpaired) electrons. The molecule has 33 heavy (non-hydrogen) atoms. The van der Waals surface area contributed by atoms with Crippen molar-refractivity contribution in [3.8, 4) is 11.6 Å². The van der Waals surface area contributed by atoms with E-state index in [-0.39, 0.29) is 27.4 Å². The lowest BCUT2D eigenvalue weighted by atomic mass is 9.88. The summed E-state index contributed by atoms with van der Waals surface area (Å²) < 4.78 is 23.3. The number of rotatable bonds is 5. The number of piperidine rings is 1. The molecular weight excluding hydrogens is 475 g/mol. The van der Waals surface area contributed by atoms with Gasteiger partial charge in [-0.3, -0.25) is 5.32 Å². The number of amides is 1. The first-order valence-corrected chi connectivity index (χ1v) is 10.8. The number of aromatic nitrogens is 2. The number of carbonyl (C=O) groups excluding carboxylic acids is 1. The lowest BCUT2D eigenvalue weighted by Gasteiger charge is -2.37. The van der Waals surface area contributed by atoms with Crippen molar-refractivity contribution in [1.29, 1.82) is 0 Å². The van der Waals surface area contributed by atoms with Crippen molar-refractivity contribution in [2.75, 3.05) is 39.7 Å². The molecule has 4 rings (SSSR count). The van der Waals surface area contributed by atoms with Gasteiger partial charge in [-0.2, -0.15) is 4.73 Å². The van der Waals surface area contributed by atoms with Crippen LogP contribution in [0.2, 0.25) is 10.0 Å². The zero-order chi connectivity index (χ0) is 23.8. The van der Waals surface area contributed by atoms with E-state index in [9.17, 15) is 10.0 Å². The Balaban J connectivity index is 1.67. The predicted molar refractivity (Wildman–Crippen MR) is 121 cm³/mol. The first-order chi connectivity index (χ1) is 15.8. The van der Waals surface area contributed by atoms with Gasteiger partial charge in [0, 0.05) is 20.2 Å². The van der Waals surface area contributed by atoms with Gasteiger partial charge in [0.25, 0.3) is 5.88 Å². The minimum Gasteiger partial charge on any atom is -0.619 e. The van der Waals surface area contributed by atoms with Crippen LogP contribution in [0.15, 0.2) is 29.1 Å². The molecule has 1 N–H and O–H groups in total. The number of fused-ring (bicyclic) bond motifs is 1. The number of furan rings is 1. The van der Waals surface area contributed by atoms with Gasteiger partial charge in [0.1, 0.15) is 21.4 Å². The van der Waals surface area contributed by atoms with Crippen LogP contribution < -0.4 is 19.5 Å². The molecule has 1 amide bonds. The fourth-order valence-electron chi connectivity index (χ4n) is 3.81. The number of likely N-dealkylation sites (tertiary alicyclic amines) is 1. The first kappa shape index (κ1) is 23.4. The summed E-state index contributed by atoms with van der Waals surface area (Å²) in [6.07, 6.45) is 4.07. The minimum absolute atomic E-state index is 0.0395. The van der Waals surface area contributed by atoms with Crippen LogP contribution in [0.5, 0.6) is 11.6 Å². The van der Waals surface area contributed by atoms with Gasteiger partial charge in [-0.05, 0) is 26.0 Å². The van der Waals surface area contributed by atoms with E-state index in [1.54, 1.807) is 13.2 Å². The highest BCUT2D eigenvalue weighted by Crippen LogP contribution is 2.42. The average Bonchev–Trinajstić information content (AvgIpc) is 3.24. The Bertz CT molecular complexity index is 1170. The topological polar surface area (TPSA) is 113 Å². The number of halogens is 2. The van der Waals surface area contributed by atoms with Crippen LogP contribution in [0.3, 0.4) is 0 Å². The third-order valence-electron chi connectivity index (χ3n) is 5.71. The normalized spacial score (nSPS) is 16.0. The lowest BCUT2D eigenvalue weighted by Crippen LogP contribution is -2.41. The molecule has 0 spiro atoms. The lowest BCUT2D eigenvalue weighted by molar-refractivity contribution is -0.605. The van der Waals surface area contributed by atoms with Crippen LogP contribution in [0.25, 0.3) is 11.0 Å². The molecule has 1 fully saturated rings. The van der Waals surface area contributed by atoms with Crippen LogP contribution >= 0.6 is 23.2 Å². The summed E-state index contributed by atoms with van der Waals surface area (Å²) in [7, 11) is 5.18. The monoisotopic (exact) mass is 496 g/mol. The van der Waals surface area contributed by atoms with Crippen molar-refractivity contribution in [2.24, 2.45) is 0 Å². The smallest absolute Gasteiger partial charge is 0.417 e. The second-order valence-corrected chi connectivity index (χ2v) is 8.50. The van der Waals surface area contributed by atoms with Crippen LogP contribution in [-0.4, -0.2) is 50.3 Å². The Morgan fingerprint density at radius 1 is 1.27 bits per heavy atom. The van der Waals surface area contributed by atoms with Gasteiger partial charge >= 0.3 is 6.09 Å². The number of hydrogen-bond donors (Lipinski definition) is 1. The van der Waals surface area contributed by atoms with Gasteiger partial charge in [0.2, 0.25) is 12.4 Å². The predicted octanol–water partition coefficient (Wildman–Crippen LogP) is 3.95. The number of nitrogens with zero attached hydrogens (tertiary/aromatic N) is 3. The third-order valence-corrected chi connectivity index (χ3v) is 6.28. The molecule has 4 heterocycles. The zero-order valence-electron chi connectivity index (χ0n) is 18.2. The van der Waals surface area contributed by atoms with E-state index in [4.69, 9.17) is 41.8 Å². The molecule has 0 atom stereocenters. The molecule has 3 aromatic heterocycles. The van der Waals surface area contributed by atoms with E-state index < -0.39 is 11.7 Å². The highest BCUT2D eigenvalue weighted by Gasteiger charge is 2.39. The molecular formula is C21H22Cl2N4O6. The maximum Gasteiger partial charge on any atom is 0.417 e. The standard InChI is InChI=1S/C21H22Cl2N4O6/c1-26-6-4-21(31-3,5-7-26)16-8-12-15(9-24-19(30-2)18(12)33-16)32-20(28)25-17-13(22)10-27(29)11-14(17)23/h8-11H,4-7H2,1-3H3,(H,25,28). The molecule has 0 unspecified atom stereocenters. The van der Waals surface area contributed by atoms with E-state index in [1.807, 2.05) is 0 Å². The number of anilines is 1. The Morgan fingerprint density at radius 2 is 1.94 bits per heavy atom. The van der Waals surface area contributed by atoms with E-state index in [0.29, 0.717) is 21.5 Å². The molecule has 0 bridgehead atoms. The van der Waals surface area contributed by atoms with E-state index in [2.05, 4.69) is 22.2 Å². The molecule has 1 aliphatic rings. The van der Waals surface area contributed by atoms with Crippen molar-refractivity contribution in [3.05, 3.63) is 45.7 Å². The van der Waals surface area contributed by atoms with Crippen LogP contribution in [0, 0.1) is 5.21 Å². The largest absolute Gasteiger partial charge is 0.619 e. The maximum absolute atomic E-state index is 12.6. The summed E-state index contributed by atoms with van der Waals surface area (Å²) >= 11 is 12.0. The number of pyridine rings is 2. The van der Waals surface area contributed by atoms with Crippen molar-refractivity contribution in [2.45, 2.75) is 18.4 Å². The number of hydrogen-bond acceptors (Lipinski definition) is 8. The second-order valence-electron chi connectivity index (χ2n) is 7.69. The van der Waals surface area contributed by atoms with Gasteiger partial charge in [-0.1, -0.05) is 23.2 Å². The van der Waals surface area contributed by atoms with Crippen LogP contribution in [0.4, 0.5) is 10.5 Å². The van der Waals surface area contributed by atoms with Gasteiger partial charge in [-0.15, -0.1) is 0 Å². The van der Waals surface area contributed by atoms with Crippen molar-refractivity contribution < 1.29 is 28.2 Å². The van der Waals surface area contributed by atoms with Crippen LogP contribution in [0.1, 0.15) is 18.6 Å². The molecule has 1 aliphatic heterocycles. The van der Waals surface area contributed by atoms with E-state index in [1.165, 1.54) is 13.3 Å². The highest BCUT2D eigenvalue weighted by molar-refractivity contribution is 6.39. The van der Waals surface area contributed by atoms with Gasteiger partial charge in [0.15, 0.2) is 11.3 Å². The second kappa shape index (κ2) is 9.22. The number of methoxy groups -OCH3 is 2. The Morgan fingerprint density at radius 3 is 2.55 bits per heavy atom. The summed E-state index contributed by atoms with van der Waals surface area (Å²) in [6, 6.07) is 1.78. The van der Waals surface area contributed by atoms with E-state index >= 15 is 0 Å². The number of nitrogens with one attached hydrogen (secondary N) is 1. The zero-order valence-corrected chi connectivity index (χ0v) is 19.7. The highest BCUT2D eigenvalue weighted by atomic mass is 35.5. The number of ether oxygens (including phenoxy) is 3. The van der Waals surface area contributed by atoms with Crippen LogP contribution in [-0.2, 0) is 10.3 Å². The fraction of sp³-hybridized carbons (Fsp3) is 0.381. The first-order valence-electron chi connectivity index (χ1n) is 10.0. The number of carbonyl (C=O) groups is 1. The molecule has 1 saturated heterocycles. The Hall–Kier alpha value is -2.79. The van der Waals surface area contributed by atoms with Crippen molar-refractivity contribution in [1.82, 2.24) is 9.88 Å². The minimum atomic E-state index is -0.876. The fourth-order valence-corrected chi connectivity index (χ4v) is 4.35. The summed E-state index contributed by atoms with van der Waals surface area (Å²) in [4.78, 5) is 19.0.